The van der Waals surface area contributed by atoms with E-state index < -0.39 is 0 Å². The zero-order chi connectivity index (χ0) is 14.9. The molecule has 1 aromatic heterocycles. The van der Waals surface area contributed by atoms with Gasteiger partial charge in [0, 0.05) is 18.0 Å². The van der Waals surface area contributed by atoms with Crippen LogP contribution in [0, 0.1) is 0 Å². The van der Waals surface area contributed by atoms with Gasteiger partial charge in [0.2, 0.25) is 0 Å². The maximum Gasteiger partial charge on any atom is 0.0954 e. The highest BCUT2D eigenvalue weighted by molar-refractivity contribution is 7.18. The molecule has 1 saturated heterocycles. The lowest BCUT2D eigenvalue weighted by molar-refractivity contribution is 0.0731. The van der Waals surface area contributed by atoms with Crippen molar-refractivity contribution in [2.75, 3.05) is 13.1 Å². The summed E-state index contributed by atoms with van der Waals surface area (Å²) in [6, 6.07) is 8.45. The quantitative estimate of drug-likeness (QED) is 0.941. The third-order valence-electron chi connectivity index (χ3n) is 4.81. The first kappa shape index (κ1) is 14.9. The van der Waals surface area contributed by atoms with Crippen LogP contribution < -0.4 is 5.73 Å². The van der Waals surface area contributed by atoms with Crippen LogP contribution in [0.25, 0.3) is 10.2 Å². The van der Waals surface area contributed by atoms with Gasteiger partial charge >= 0.3 is 0 Å². The number of para-hydroxylation sites is 1. The molecule has 2 aromatic rings. The van der Waals surface area contributed by atoms with Crippen molar-refractivity contribution in [2.24, 2.45) is 5.73 Å². The molecule has 0 bridgehead atoms. The molecule has 0 amide bonds. The van der Waals surface area contributed by atoms with Gasteiger partial charge in [0.05, 0.1) is 15.2 Å². The maximum absolute atomic E-state index is 6.56. The van der Waals surface area contributed by atoms with Crippen molar-refractivity contribution in [1.82, 2.24) is 9.88 Å². The summed E-state index contributed by atoms with van der Waals surface area (Å²) < 4.78 is 1.26. The minimum atomic E-state index is 0.0400. The smallest absolute Gasteiger partial charge is 0.0954 e. The Hall–Kier alpha value is -0.970. The van der Waals surface area contributed by atoms with E-state index in [1.165, 1.54) is 37.1 Å². The molecule has 1 aliphatic heterocycles. The van der Waals surface area contributed by atoms with E-state index in [0.717, 1.165) is 16.9 Å². The normalized spacial score (nSPS) is 19.0. The minimum Gasteiger partial charge on any atom is -0.326 e. The fraction of sp³-hybridized carbons (Fsp3) is 0.588. The van der Waals surface area contributed by atoms with Crippen LogP contribution in [0.3, 0.4) is 0 Å². The molecule has 4 heteroatoms. The van der Waals surface area contributed by atoms with E-state index in [4.69, 9.17) is 10.7 Å². The van der Waals surface area contributed by atoms with Gasteiger partial charge in [-0.3, -0.25) is 4.90 Å². The molecule has 1 unspecified atom stereocenters. The number of thiazole rings is 1. The van der Waals surface area contributed by atoms with Gasteiger partial charge < -0.3 is 5.73 Å². The van der Waals surface area contributed by atoms with Gasteiger partial charge in [0.15, 0.2) is 0 Å². The summed E-state index contributed by atoms with van der Waals surface area (Å²) in [7, 11) is 0. The van der Waals surface area contributed by atoms with Crippen molar-refractivity contribution in [2.45, 2.75) is 51.1 Å². The Bertz CT molecular complexity index is 566. The molecule has 1 fully saturated rings. The number of nitrogens with zero attached hydrogens (tertiary/aromatic N) is 2. The molecule has 0 saturated carbocycles. The van der Waals surface area contributed by atoms with Crippen molar-refractivity contribution >= 4 is 21.6 Å². The summed E-state index contributed by atoms with van der Waals surface area (Å²) in [6.07, 6.45) is 4.83. The van der Waals surface area contributed by atoms with Gasteiger partial charge in [0.1, 0.15) is 0 Å². The van der Waals surface area contributed by atoms with Gasteiger partial charge in [-0.25, -0.2) is 4.98 Å². The second-order valence-corrected chi connectivity index (χ2v) is 7.70. The summed E-state index contributed by atoms with van der Waals surface area (Å²) in [6.45, 7) is 6.94. The second-order valence-electron chi connectivity index (χ2n) is 6.59. The molecule has 0 spiro atoms. The Morgan fingerprint density at radius 3 is 2.67 bits per heavy atom. The zero-order valence-electron chi connectivity index (χ0n) is 13.0. The third-order valence-corrected chi connectivity index (χ3v) is 5.87. The SMILES string of the molecule is CC(C)(C(N)Cc1nc2ccccc2s1)N1CCCCC1. The van der Waals surface area contributed by atoms with Gasteiger partial charge in [-0.2, -0.15) is 0 Å². The number of hydrogen-bond donors (Lipinski definition) is 1. The van der Waals surface area contributed by atoms with Crippen LogP contribution in [0.1, 0.15) is 38.1 Å². The van der Waals surface area contributed by atoms with Gasteiger partial charge in [-0.1, -0.05) is 18.6 Å². The van der Waals surface area contributed by atoms with E-state index in [9.17, 15) is 0 Å². The highest BCUT2D eigenvalue weighted by atomic mass is 32.1. The Labute approximate surface area is 131 Å². The Kier molecular flexibility index (Phi) is 4.29. The lowest BCUT2D eigenvalue weighted by atomic mass is 9.89. The molecule has 1 aromatic carbocycles. The Morgan fingerprint density at radius 1 is 1.24 bits per heavy atom. The molecule has 3 rings (SSSR count). The number of piperidine rings is 1. The summed E-state index contributed by atoms with van der Waals surface area (Å²) >= 11 is 1.78. The highest BCUT2D eigenvalue weighted by Gasteiger charge is 2.34. The van der Waals surface area contributed by atoms with E-state index in [1.807, 2.05) is 6.07 Å². The zero-order valence-corrected chi connectivity index (χ0v) is 13.8. The maximum atomic E-state index is 6.56. The number of fused-ring (bicyclic) bond motifs is 1. The minimum absolute atomic E-state index is 0.0400. The van der Waals surface area contributed by atoms with E-state index in [-0.39, 0.29) is 11.6 Å². The first-order valence-corrected chi connectivity index (χ1v) is 8.74. The summed E-state index contributed by atoms with van der Waals surface area (Å²) in [5.41, 5.74) is 7.70. The molecule has 0 aliphatic carbocycles. The van der Waals surface area contributed by atoms with Crippen molar-refractivity contribution in [1.29, 1.82) is 0 Å². The molecule has 0 radical (unpaired) electrons. The van der Waals surface area contributed by atoms with E-state index in [2.05, 4.69) is 36.9 Å². The highest BCUT2D eigenvalue weighted by Crippen LogP contribution is 2.27. The van der Waals surface area contributed by atoms with E-state index in [1.54, 1.807) is 11.3 Å². The Morgan fingerprint density at radius 2 is 1.95 bits per heavy atom. The number of benzene rings is 1. The van der Waals surface area contributed by atoms with Gasteiger partial charge in [-0.15, -0.1) is 11.3 Å². The number of aromatic nitrogens is 1. The fourth-order valence-electron chi connectivity index (χ4n) is 3.15. The Balaban J connectivity index is 1.73. The average molecular weight is 303 g/mol. The molecular weight excluding hydrogens is 278 g/mol. The van der Waals surface area contributed by atoms with Crippen molar-refractivity contribution in [3.8, 4) is 0 Å². The van der Waals surface area contributed by atoms with Crippen LogP contribution in [0.2, 0.25) is 0 Å². The topological polar surface area (TPSA) is 42.1 Å². The van der Waals surface area contributed by atoms with Crippen molar-refractivity contribution in [3.05, 3.63) is 29.3 Å². The average Bonchev–Trinajstić information content (AvgIpc) is 2.90. The first-order valence-electron chi connectivity index (χ1n) is 7.92. The number of likely N-dealkylation sites (tertiary alicyclic amines) is 1. The van der Waals surface area contributed by atoms with E-state index in [0.29, 0.717) is 0 Å². The van der Waals surface area contributed by atoms with Crippen LogP contribution in [0.5, 0.6) is 0 Å². The monoisotopic (exact) mass is 303 g/mol. The lowest BCUT2D eigenvalue weighted by Gasteiger charge is -2.44. The van der Waals surface area contributed by atoms with E-state index >= 15 is 0 Å². The second kappa shape index (κ2) is 6.03. The fourth-order valence-corrected chi connectivity index (χ4v) is 4.18. The molecule has 3 nitrogen and oxygen atoms in total. The number of hydrogen-bond acceptors (Lipinski definition) is 4. The van der Waals surface area contributed by atoms with Crippen LogP contribution in [-0.4, -0.2) is 34.6 Å². The summed E-state index contributed by atoms with van der Waals surface area (Å²) in [5, 5.41) is 1.16. The number of nitrogens with two attached hydrogens (primary N) is 1. The molecule has 1 atom stereocenters. The molecule has 114 valence electrons. The van der Waals surface area contributed by atoms with Crippen molar-refractivity contribution in [3.63, 3.8) is 0 Å². The predicted octanol–water partition coefficient (Wildman–Crippen LogP) is 3.43. The third kappa shape index (κ3) is 3.12. The standard InChI is InChI=1S/C17H25N3S/c1-17(2,20-10-6-3-7-11-20)15(18)12-16-19-13-8-4-5-9-14(13)21-16/h4-5,8-9,15H,3,6-7,10-12,18H2,1-2H3. The summed E-state index contributed by atoms with van der Waals surface area (Å²) in [4.78, 5) is 7.30. The molecule has 2 N–H and O–H groups in total. The number of rotatable bonds is 4. The van der Waals surface area contributed by atoms with Crippen LogP contribution in [0.15, 0.2) is 24.3 Å². The molecular formula is C17H25N3S. The molecule has 1 aliphatic rings. The van der Waals surface area contributed by atoms with Crippen LogP contribution in [0.4, 0.5) is 0 Å². The predicted molar refractivity (Wildman–Crippen MR) is 90.8 cm³/mol. The van der Waals surface area contributed by atoms with Gasteiger partial charge in [0.25, 0.3) is 0 Å². The summed E-state index contributed by atoms with van der Waals surface area (Å²) in [5.74, 6) is 0. The van der Waals surface area contributed by atoms with Crippen LogP contribution in [-0.2, 0) is 6.42 Å². The van der Waals surface area contributed by atoms with Crippen molar-refractivity contribution < 1.29 is 0 Å². The lowest BCUT2D eigenvalue weighted by Crippen LogP contribution is -2.58. The van der Waals surface area contributed by atoms with Crippen LogP contribution >= 0.6 is 11.3 Å². The van der Waals surface area contributed by atoms with Gasteiger partial charge in [-0.05, 0) is 51.9 Å². The first-order chi connectivity index (χ1) is 10.1. The molecule has 2 heterocycles. The largest absolute Gasteiger partial charge is 0.326 e. The molecule has 21 heavy (non-hydrogen) atoms.